The van der Waals surface area contributed by atoms with E-state index in [1.165, 1.54) is 4.90 Å². The number of anilines is 3. The highest BCUT2D eigenvalue weighted by Crippen LogP contribution is 2.31. The maximum atomic E-state index is 11.9. The van der Waals surface area contributed by atoms with Gasteiger partial charge in [-0.3, -0.25) is 14.7 Å². The zero-order valence-corrected chi connectivity index (χ0v) is 16.3. The summed E-state index contributed by atoms with van der Waals surface area (Å²) in [5, 5.41) is 3.38. The van der Waals surface area contributed by atoms with E-state index in [0.717, 1.165) is 29.8 Å². The molecule has 0 radical (unpaired) electrons. The second-order valence-electron chi connectivity index (χ2n) is 6.59. The number of rotatable bonds is 8. The third kappa shape index (κ3) is 4.50. The van der Waals surface area contributed by atoms with Crippen molar-refractivity contribution < 1.29 is 4.79 Å². The molecule has 0 unspecified atom stereocenters. The Labute approximate surface area is 175 Å². The molecule has 4 rings (SSSR count). The average molecular weight is 395 g/mol. The summed E-state index contributed by atoms with van der Waals surface area (Å²) in [6, 6.07) is 25.1. The first kappa shape index (κ1) is 19.3. The Hall–Kier alpha value is -4.06. The van der Waals surface area contributed by atoms with Gasteiger partial charge in [-0.05, 0) is 36.4 Å². The minimum absolute atomic E-state index is 0.537. The number of aromatic nitrogens is 3. The smallest absolute Gasteiger partial charge is 0.220 e. The van der Waals surface area contributed by atoms with E-state index in [2.05, 4.69) is 15.3 Å². The lowest BCUT2D eigenvalue weighted by molar-refractivity contribution is -0.106. The van der Waals surface area contributed by atoms with Gasteiger partial charge in [-0.15, -0.1) is 0 Å². The third-order valence-electron chi connectivity index (χ3n) is 4.60. The van der Waals surface area contributed by atoms with Crippen LogP contribution in [0.15, 0.2) is 91.3 Å². The van der Waals surface area contributed by atoms with E-state index in [-0.39, 0.29) is 0 Å². The quantitative estimate of drug-likeness (QED) is 0.445. The van der Waals surface area contributed by atoms with Gasteiger partial charge < -0.3 is 5.32 Å². The van der Waals surface area contributed by atoms with Gasteiger partial charge in [-0.25, -0.2) is 9.97 Å². The highest BCUT2D eigenvalue weighted by atomic mass is 16.1. The van der Waals surface area contributed by atoms with E-state index >= 15 is 0 Å². The van der Waals surface area contributed by atoms with Crippen molar-refractivity contribution in [3.05, 3.63) is 97.0 Å². The Morgan fingerprint density at radius 1 is 0.833 bits per heavy atom. The van der Waals surface area contributed by atoms with Crippen LogP contribution in [-0.4, -0.2) is 27.9 Å². The zero-order chi connectivity index (χ0) is 20.6. The lowest BCUT2D eigenvalue weighted by Gasteiger charge is -2.20. The molecule has 0 saturated carbocycles. The normalized spacial score (nSPS) is 10.4. The van der Waals surface area contributed by atoms with Crippen molar-refractivity contribution in [3.8, 4) is 11.3 Å². The number of nitrogens with one attached hydrogen (secondary N) is 1. The van der Waals surface area contributed by atoms with E-state index in [4.69, 9.17) is 4.98 Å². The first-order chi connectivity index (χ1) is 14.8. The fourth-order valence-electron chi connectivity index (χ4n) is 3.13. The minimum atomic E-state index is 0.537. The number of carbonyl (C=O) groups is 1. The molecule has 3 aromatic heterocycles. The van der Waals surface area contributed by atoms with Crippen LogP contribution in [0.3, 0.4) is 0 Å². The van der Waals surface area contributed by atoms with Crippen LogP contribution in [-0.2, 0) is 11.2 Å². The molecule has 0 aliphatic heterocycles. The Kier molecular flexibility index (Phi) is 6.05. The fourth-order valence-corrected chi connectivity index (χ4v) is 3.13. The molecule has 1 N–H and O–H groups in total. The standard InChI is InChI=1S/C24H21N5O/c30-18-29(23-11-5-7-16-26-23)22-13-12-21(19-8-2-1-3-9-19)28-24(22)27-17-14-20-10-4-6-15-25-20/h1-13,15-16,18H,14,17H2,(H,27,28). The molecule has 0 aliphatic carbocycles. The molecule has 6 nitrogen and oxygen atoms in total. The van der Waals surface area contributed by atoms with Crippen LogP contribution < -0.4 is 10.2 Å². The van der Waals surface area contributed by atoms with E-state index < -0.39 is 0 Å². The van der Waals surface area contributed by atoms with Crippen LogP contribution in [0.2, 0.25) is 0 Å². The minimum Gasteiger partial charge on any atom is -0.368 e. The number of pyridine rings is 3. The number of carbonyl (C=O) groups excluding carboxylic acids is 1. The van der Waals surface area contributed by atoms with Crippen LogP contribution in [0, 0.1) is 0 Å². The highest BCUT2D eigenvalue weighted by Gasteiger charge is 2.16. The summed E-state index contributed by atoms with van der Waals surface area (Å²) in [6.07, 6.45) is 4.93. The van der Waals surface area contributed by atoms with Gasteiger partial charge in [0.05, 0.1) is 11.4 Å². The van der Waals surface area contributed by atoms with E-state index in [9.17, 15) is 4.79 Å². The predicted molar refractivity (Wildman–Crippen MR) is 119 cm³/mol. The molecule has 0 atom stereocenters. The summed E-state index contributed by atoms with van der Waals surface area (Å²) in [4.78, 5) is 26.9. The molecule has 0 fully saturated rings. The van der Waals surface area contributed by atoms with Gasteiger partial charge >= 0.3 is 0 Å². The molecule has 0 saturated heterocycles. The van der Waals surface area contributed by atoms with Crippen molar-refractivity contribution in [1.29, 1.82) is 0 Å². The molecule has 0 bridgehead atoms. The van der Waals surface area contributed by atoms with Crippen LogP contribution in [0.25, 0.3) is 11.3 Å². The first-order valence-corrected chi connectivity index (χ1v) is 9.71. The molecule has 1 aromatic carbocycles. The Morgan fingerprint density at radius 3 is 2.30 bits per heavy atom. The molecule has 3 heterocycles. The summed E-state index contributed by atoms with van der Waals surface area (Å²) in [7, 11) is 0. The van der Waals surface area contributed by atoms with Crippen LogP contribution >= 0.6 is 0 Å². The number of nitrogens with zero attached hydrogens (tertiary/aromatic N) is 4. The first-order valence-electron chi connectivity index (χ1n) is 9.71. The molecule has 1 amide bonds. The van der Waals surface area contributed by atoms with Crippen LogP contribution in [0.4, 0.5) is 17.3 Å². The maximum Gasteiger partial charge on any atom is 0.220 e. The van der Waals surface area contributed by atoms with E-state index in [0.29, 0.717) is 23.9 Å². The van der Waals surface area contributed by atoms with Gasteiger partial charge in [-0.2, -0.15) is 0 Å². The molecule has 30 heavy (non-hydrogen) atoms. The Bertz CT molecular complexity index is 1090. The van der Waals surface area contributed by atoms with Gasteiger partial charge in [0.2, 0.25) is 6.41 Å². The average Bonchev–Trinajstić information content (AvgIpc) is 2.82. The molecular formula is C24H21N5O. The maximum absolute atomic E-state index is 11.9. The van der Waals surface area contributed by atoms with Crippen molar-refractivity contribution >= 4 is 23.7 Å². The Morgan fingerprint density at radius 2 is 1.60 bits per heavy atom. The molecule has 148 valence electrons. The predicted octanol–water partition coefficient (Wildman–Crippen LogP) is 4.49. The summed E-state index contributed by atoms with van der Waals surface area (Å²) >= 11 is 0. The summed E-state index contributed by atoms with van der Waals surface area (Å²) < 4.78 is 0. The second-order valence-corrected chi connectivity index (χ2v) is 6.59. The van der Waals surface area contributed by atoms with Gasteiger partial charge in [0.1, 0.15) is 5.82 Å². The van der Waals surface area contributed by atoms with Gasteiger partial charge in [0, 0.05) is 36.6 Å². The van der Waals surface area contributed by atoms with Crippen LogP contribution in [0.1, 0.15) is 5.69 Å². The van der Waals surface area contributed by atoms with Gasteiger partial charge in [0.25, 0.3) is 0 Å². The van der Waals surface area contributed by atoms with Crippen LogP contribution in [0.5, 0.6) is 0 Å². The third-order valence-corrected chi connectivity index (χ3v) is 4.60. The summed E-state index contributed by atoms with van der Waals surface area (Å²) in [5.41, 5.74) is 3.46. The summed E-state index contributed by atoms with van der Waals surface area (Å²) in [6.45, 7) is 0.629. The van der Waals surface area contributed by atoms with E-state index in [1.54, 1.807) is 18.5 Å². The topological polar surface area (TPSA) is 71.0 Å². The number of benzene rings is 1. The largest absolute Gasteiger partial charge is 0.368 e. The van der Waals surface area contributed by atoms with Crippen molar-refractivity contribution in [2.24, 2.45) is 0 Å². The highest BCUT2D eigenvalue weighted by molar-refractivity contribution is 5.90. The number of amides is 1. The van der Waals surface area contributed by atoms with Gasteiger partial charge in [0.15, 0.2) is 5.82 Å². The number of hydrogen-bond acceptors (Lipinski definition) is 5. The SMILES string of the molecule is O=CN(c1ccccn1)c1ccc(-c2ccccc2)nc1NCCc1ccccn1. The molecular weight excluding hydrogens is 374 g/mol. The van der Waals surface area contributed by atoms with Crippen molar-refractivity contribution in [2.45, 2.75) is 6.42 Å². The molecule has 0 spiro atoms. The van der Waals surface area contributed by atoms with E-state index in [1.807, 2.05) is 72.8 Å². The molecule has 0 aliphatic rings. The van der Waals surface area contributed by atoms with Gasteiger partial charge in [-0.1, -0.05) is 42.5 Å². The molecule has 6 heteroatoms. The van der Waals surface area contributed by atoms with Crippen molar-refractivity contribution in [1.82, 2.24) is 15.0 Å². The molecule has 4 aromatic rings. The zero-order valence-electron chi connectivity index (χ0n) is 16.3. The lowest BCUT2D eigenvalue weighted by Crippen LogP contribution is -2.19. The summed E-state index contributed by atoms with van der Waals surface area (Å²) in [5.74, 6) is 1.15. The monoisotopic (exact) mass is 395 g/mol. The Balaban J connectivity index is 1.66. The second kappa shape index (κ2) is 9.43. The fraction of sp³-hybridized carbons (Fsp3) is 0.0833. The number of hydrogen-bond donors (Lipinski definition) is 1. The van der Waals surface area contributed by atoms with Crippen molar-refractivity contribution in [3.63, 3.8) is 0 Å². The van der Waals surface area contributed by atoms with Crippen molar-refractivity contribution in [2.75, 3.05) is 16.8 Å². The lowest BCUT2D eigenvalue weighted by atomic mass is 10.1.